The Bertz CT molecular complexity index is 323. The predicted octanol–water partition coefficient (Wildman–Crippen LogP) is 5.72. The third-order valence-electron chi connectivity index (χ3n) is 2.56. The molecule has 1 aromatic rings. The van der Waals surface area contributed by atoms with Crippen molar-refractivity contribution in [1.82, 2.24) is 0 Å². The Labute approximate surface area is 113 Å². The lowest BCUT2D eigenvalue weighted by Crippen LogP contribution is -2.03. The van der Waals surface area contributed by atoms with Crippen LogP contribution in [0.5, 0.6) is 0 Å². The van der Waals surface area contributed by atoms with Crippen LogP contribution in [0.25, 0.3) is 0 Å². The van der Waals surface area contributed by atoms with Gasteiger partial charge in [-0.05, 0) is 30.5 Å². The second kappa shape index (κ2) is 7.42. The fraction of sp³-hybridized carbons (Fsp3) is 0.538. The number of benzene rings is 1. The number of halogens is 3. The number of unbranched alkanes of at least 4 members (excludes halogenated alkanes) is 2. The molecular weight excluding hydrogens is 263 g/mol. The molecule has 0 spiro atoms. The molecule has 1 atom stereocenters. The van der Waals surface area contributed by atoms with Crippen molar-refractivity contribution in [3.05, 3.63) is 33.8 Å². The van der Waals surface area contributed by atoms with Crippen molar-refractivity contribution in [3.63, 3.8) is 0 Å². The summed E-state index contributed by atoms with van der Waals surface area (Å²) in [5.74, 6) is 0. The average molecular weight is 280 g/mol. The molecule has 1 unspecified atom stereocenters. The Morgan fingerprint density at radius 3 is 2.50 bits per heavy atom. The molecule has 16 heavy (non-hydrogen) atoms. The molecule has 0 fully saturated rings. The lowest BCUT2D eigenvalue weighted by atomic mass is 10.1. The summed E-state index contributed by atoms with van der Waals surface area (Å²) in [5, 5.41) is 1.41. The van der Waals surface area contributed by atoms with Crippen molar-refractivity contribution in [2.24, 2.45) is 0 Å². The van der Waals surface area contributed by atoms with E-state index in [1.54, 1.807) is 0 Å². The highest BCUT2D eigenvalue weighted by Gasteiger charge is 2.07. The van der Waals surface area contributed by atoms with Crippen LogP contribution in [0.4, 0.5) is 0 Å². The van der Waals surface area contributed by atoms with Crippen LogP contribution in [0.2, 0.25) is 10.0 Å². The molecule has 0 saturated heterocycles. The molecule has 0 amide bonds. The van der Waals surface area contributed by atoms with E-state index in [0.717, 1.165) is 18.4 Å². The molecule has 1 rings (SSSR count). The van der Waals surface area contributed by atoms with E-state index < -0.39 is 0 Å². The molecule has 0 bridgehead atoms. The van der Waals surface area contributed by atoms with Gasteiger partial charge in [-0.1, -0.05) is 55.5 Å². The molecule has 0 aromatic heterocycles. The van der Waals surface area contributed by atoms with Crippen molar-refractivity contribution < 1.29 is 0 Å². The number of rotatable bonds is 6. The summed E-state index contributed by atoms with van der Waals surface area (Å²) in [6.45, 7) is 2.20. The zero-order chi connectivity index (χ0) is 12.0. The summed E-state index contributed by atoms with van der Waals surface area (Å²) < 4.78 is 0. The van der Waals surface area contributed by atoms with Crippen molar-refractivity contribution in [2.45, 2.75) is 44.4 Å². The van der Waals surface area contributed by atoms with Crippen LogP contribution in [0.15, 0.2) is 18.2 Å². The van der Waals surface area contributed by atoms with Crippen LogP contribution < -0.4 is 0 Å². The number of alkyl halides is 1. The molecule has 90 valence electrons. The maximum Gasteiger partial charge on any atom is 0.0595 e. The highest BCUT2D eigenvalue weighted by atomic mass is 35.5. The van der Waals surface area contributed by atoms with Crippen molar-refractivity contribution in [3.8, 4) is 0 Å². The molecular formula is C13H17Cl3. The second-order valence-electron chi connectivity index (χ2n) is 4.05. The van der Waals surface area contributed by atoms with E-state index in [0.29, 0.717) is 10.0 Å². The third-order valence-corrected chi connectivity index (χ3v) is 3.67. The van der Waals surface area contributed by atoms with Gasteiger partial charge in [0.25, 0.3) is 0 Å². The topological polar surface area (TPSA) is 0 Å². The predicted molar refractivity (Wildman–Crippen MR) is 73.9 cm³/mol. The van der Waals surface area contributed by atoms with Gasteiger partial charge in [0.05, 0.1) is 10.0 Å². The van der Waals surface area contributed by atoms with E-state index in [4.69, 9.17) is 34.8 Å². The molecule has 0 N–H and O–H groups in total. The minimum absolute atomic E-state index is 0.198. The largest absolute Gasteiger partial charge is 0.123 e. The zero-order valence-corrected chi connectivity index (χ0v) is 11.7. The smallest absolute Gasteiger partial charge is 0.0595 e. The van der Waals surface area contributed by atoms with Crippen LogP contribution in [0.1, 0.15) is 38.2 Å². The van der Waals surface area contributed by atoms with E-state index in [1.165, 1.54) is 19.3 Å². The van der Waals surface area contributed by atoms with Gasteiger partial charge in [0.2, 0.25) is 0 Å². The minimum Gasteiger partial charge on any atom is -0.123 e. The Kier molecular flexibility index (Phi) is 6.57. The first-order valence-electron chi connectivity index (χ1n) is 5.71. The maximum absolute atomic E-state index is 6.27. The first kappa shape index (κ1) is 14.2. The van der Waals surface area contributed by atoms with E-state index in [2.05, 4.69) is 6.92 Å². The Morgan fingerprint density at radius 1 is 1.12 bits per heavy atom. The third kappa shape index (κ3) is 4.95. The van der Waals surface area contributed by atoms with Crippen molar-refractivity contribution in [2.75, 3.05) is 0 Å². The lowest BCUT2D eigenvalue weighted by Gasteiger charge is -2.09. The number of hydrogen-bond acceptors (Lipinski definition) is 0. The van der Waals surface area contributed by atoms with Gasteiger partial charge in [0, 0.05) is 5.38 Å². The molecule has 0 radical (unpaired) electrons. The summed E-state index contributed by atoms with van der Waals surface area (Å²) in [6, 6.07) is 5.72. The SMILES string of the molecule is CCCCCC(Cl)Cc1ccc(Cl)c(Cl)c1. The van der Waals surface area contributed by atoms with Crippen LogP contribution in [0, 0.1) is 0 Å². The van der Waals surface area contributed by atoms with E-state index >= 15 is 0 Å². The first-order chi connectivity index (χ1) is 7.63. The summed E-state index contributed by atoms with van der Waals surface area (Å²) in [4.78, 5) is 0. The van der Waals surface area contributed by atoms with Gasteiger partial charge in [0.1, 0.15) is 0 Å². The maximum atomic E-state index is 6.27. The average Bonchev–Trinajstić information content (AvgIpc) is 2.24. The van der Waals surface area contributed by atoms with Gasteiger partial charge in [-0.25, -0.2) is 0 Å². The second-order valence-corrected chi connectivity index (χ2v) is 5.48. The normalized spacial score (nSPS) is 12.8. The molecule has 0 aliphatic rings. The van der Waals surface area contributed by atoms with Crippen molar-refractivity contribution >= 4 is 34.8 Å². The van der Waals surface area contributed by atoms with E-state index in [1.807, 2.05) is 18.2 Å². The van der Waals surface area contributed by atoms with Crippen LogP contribution in [-0.4, -0.2) is 5.38 Å². The molecule has 3 heteroatoms. The van der Waals surface area contributed by atoms with Gasteiger partial charge in [-0.15, -0.1) is 11.6 Å². The fourth-order valence-electron chi connectivity index (χ4n) is 1.64. The molecule has 0 saturated carbocycles. The Balaban J connectivity index is 2.43. The van der Waals surface area contributed by atoms with Crippen molar-refractivity contribution in [1.29, 1.82) is 0 Å². The van der Waals surface area contributed by atoms with E-state index in [-0.39, 0.29) is 5.38 Å². The molecule has 0 aliphatic heterocycles. The first-order valence-corrected chi connectivity index (χ1v) is 6.90. The summed E-state index contributed by atoms with van der Waals surface area (Å²) in [7, 11) is 0. The Morgan fingerprint density at radius 2 is 1.88 bits per heavy atom. The van der Waals surface area contributed by atoms with Crippen LogP contribution >= 0.6 is 34.8 Å². The summed E-state index contributed by atoms with van der Waals surface area (Å²) >= 11 is 18.1. The lowest BCUT2D eigenvalue weighted by molar-refractivity contribution is 0.638. The number of hydrogen-bond donors (Lipinski definition) is 0. The van der Waals surface area contributed by atoms with Gasteiger partial charge in [-0.2, -0.15) is 0 Å². The Hall–Kier alpha value is 0.0900. The molecule has 0 heterocycles. The molecule has 1 aromatic carbocycles. The minimum atomic E-state index is 0.198. The zero-order valence-electron chi connectivity index (χ0n) is 9.48. The van der Waals surface area contributed by atoms with Gasteiger partial charge >= 0.3 is 0 Å². The van der Waals surface area contributed by atoms with Gasteiger partial charge in [-0.3, -0.25) is 0 Å². The highest BCUT2D eigenvalue weighted by molar-refractivity contribution is 6.42. The van der Waals surface area contributed by atoms with Gasteiger partial charge in [0.15, 0.2) is 0 Å². The summed E-state index contributed by atoms with van der Waals surface area (Å²) in [6.07, 6.45) is 5.62. The molecule has 0 nitrogen and oxygen atoms in total. The fourth-order valence-corrected chi connectivity index (χ4v) is 2.29. The standard InChI is InChI=1S/C13H17Cl3/c1-2-3-4-5-11(14)8-10-6-7-12(15)13(16)9-10/h6-7,9,11H,2-5,8H2,1H3. The highest BCUT2D eigenvalue weighted by Crippen LogP contribution is 2.24. The summed E-state index contributed by atoms with van der Waals surface area (Å²) in [5.41, 5.74) is 1.16. The van der Waals surface area contributed by atoms with Gasteiger partial charge < -0.3 is 0 Å². The van der Waals surface area contributed by atoms with Crippen LogP contribution in [0.3, 0.4) is 0 Å². The monoisotopic (exact) mass is 278 g/mol. The quantitative estimate of drug-likeness (QED) is 0.461. The van der Waals surface area contributed by atoms with E-state index in [9.17, 15) is 0 Å². The van der Waals surface area contributed by atoms with Crippen LogP contribution in [-0.2, 0) is 6.42 Å². The molecule has 0 aliphatic carbocycles.